The number of rotatable bonds is 5. The molecule has 0 saturated carbocycles. The molecule has 1 saturated heterocycles. The van der Waals surface area contributed by atoms with Crippen molar-refractivity contribution in [3.63, 3.8) is 0 Å². The zero-order chi connectivity index (χ0) is 18.9. The van der Waals surface area contributed by atoms with Crippen LogP contribution < -0.4 is 10.6 Å². The highest BCUT2D eigenvalue weighted by molar-refractivity contribution is 7.88. The molecule has 0 aliphatic carbocycles. The van der Waals surface area contributed by atoms with E-state index < -0.39 is 15.9 Å². The number of thiazole rings is 1. The molecule has 1 aliphatic heterocycles. The summed E-state index contributed by atoms with van der Waals surface area (Å²) in [5, 5.41) is 6.31. The fraction of sp³-hybridized carbons (Fsp3) is 0.500. The Bertz CT molecular complexity index is 895. The number of carbonyl (C=O) groups is 1. The van der Waals surface area contributed by atoms with E-state index in [4.69, 9.17) is 4.42 Å². The van der Waals surface area contributed by atoms with Crippen LogP contribution in [0.3, 0.4) is 0 Å². The Hall–Kier alpha value is -1.75. The molecule has 0 aromatic carbocycles. The van der Waals surface area contributed by atoms with Gasteiger partial charge in [-0.3, -0.25) is 10.1 Å². The van der Waals surface area contributed by atoms with Gasteiger partial charge in [-0.15, -0.1) is 11.3 Å². The van der Waals surface area contributed by atoms with Crippen molar-refractivity contribution in [2.45, 2.75) is 30.8 Å². The van der Waals surface area contributed by atoms with Gasteiger partial charge in [0.2, 0.25) is 5.09 Å². The lowest BCUT2D eigenvalue weighted by atomic mass is 9.97. The Morgan fingerprint density at radius 2 is 2.08 bits per heavy atom. The molecule has 0 bridgehead atoms. The number of hydrogen-bond donors (Lipinski definition) is 2. The minimum atomic E-state index is -3.73. The van der Waals surface area contributed by atoms with Crippen molar-refractivity contribution < 1.29 is 17.6 Å². The Kier molecular flexibility index (Phi) is 5.47. The highest BCUT2D eigenvalue weighted by Gasteiger charge is 2.26. The summed E-state index contributed by atoms with van der Waals surface area (Å²) in [7, 11) is -0.913. The van der Waals surface area contributed by atoms with Gasteiger partial charge < -0.3 is 9.73 Å². The van der Waals surface area contributed by atoms with E-state index in [2.05, 4.69) is 15.6 Å². The van der Waals surface area contributed by atoms with Crippen LogP contribution >= 0.6 is 11.3 Å². The fourth-order valence-corrected chi connectivity index (χ4v) is 4.63. The highest BCUT2D eigenvalue weighted by Crippen LogP contribution is 2.32. The Balaban J connectivity index is 1.75. The second-order valence-electron chi connectivity index (χ2n) is 6.37. The van der Waals surface area contributed by atoms with E-state index in [1.807, 2.05) is 0 Å². The van der Waals surface area contributed by atoms with E-state index in [9.17, 15) is 13.2 Å². The smallest absolute Gasteiger partial charge is 0.275 e. The average Bonchev–Trinajstić information content (AvgIpc) is 3.22. The molecule has 2 aromatic heterocycles. The molecule has 2 aromatic rings. The summed E-state index contributed by atoms with van der Waals surface area (Å²) in [6.07, 6.45) is 3.92. The summed E-state index contributed by atoms with van der Waals surface area (Å²) in [6.45, 7) is 3.54. The molecule has 3 heterocycles. The van der Waals surface area contributed by atoms with Crippen LogP contribution in [0.5, 0.6) is 0 Å². The van der Waals surface area contributed by atoms with Crippen LogP contribution in [0.1, 0.15) is 39.8 Å². The number of hydrogen-bond acceptors (Lipinski definition) is 7. The number of nitrogens with zero attached hydrogens (tertiary/aromatic N) is 2. The third-order valence-corrected chi connectivity index (χ3v) is 7.11. The number of furan rings is 1. The summed E-state index contributed by atoms with van der Waals surface area (Å²) in [5.74, 6) is 0.280. The summed E-state index contributed by atoms with van der Waals surface area (Å²) in [4.78, 5) is 17.9. The van der Waals surface area contributed by atoms with E-state index >= 15 is 0 Å². The van der Waals surface area contributed by atoms with Gasteiger partial charge in [-0.1, -0.05) is 0 Å². The van der Waals surface area contributed by atoms with Crippen LogP contribution in [0, 0.1) is 6.92 Å². The number of aromatic nitrogens is 1. The monoisotopic (exact) mass is 398 g/mol. The van der Waals surface area contributed by atoms with Crippen molar-refractivity contribution >= 4 is 32.4 Å². The van der Waals surface area contributed by atoms with Crippen molar-refractivity contribution in [2.75, 3.05) is 32.5 Å². The predicted octanol–water partition coefficient (Wildman–Crippen LogP) is 2.01. The van der Waals surface area contributed by atoms with Crippen molar-refractivity contribution in [3.8, 4) is 0 Å². The second kappa shape index (κ2) is 7.47. The molecule has 10 heteroatoms. The SMILES string of the molecule is Cc1oc(S(=O)(=O)N(C)C)cc1C(=O)Nc1ncc(C2CCNCC2)s1. The Morgan fingerprint density at radius 3 is 2.73 bits per heavy atom. The molecule has 26 heavy (non-hydrogen) atoms. The third kappa shape index (κ3) is 3.83. The standard InChI is InChI=1S/C16H22N4O4S2/c1-10-12(8-14(24-10)26(22,23)20(2)3)15(21)19-16-18-9-13(25-16)11-4-6-17-7-5-11/h8-9,11,17H,4-7H2,1-3H3,(H,18,19,21). The maximum absolute atomic E-state index is 12.5. The van der Waals surface area contributed by atoms with Gasteiger partial charge in [0.25, 0.3) is 15.9 Å². The third-order valence-electron chi connectivity index (χ3n) is 4.36. The number of nitrogens with one attached hydrogen (secondary N) is 2. The molecule has 1 aliphatic rings. The van der Waals surface area contributed by atoms with Gasteiger partial charge in [0, 0.05) is 31.2 Å². The maximum atomic E-state index is 12.5. The largest absolute Gasteiger partial charge is 0.448 e. The average molecular weight is 399 g/mol. The molecule has 1 amide bonds. The van der Waals surface area contributed by atoms with E-state index in [0.29, 0.717) is 11.0 Å². The first-order valence-electron chi connectivity index (χ1n) is 8.30. The molecule has 0 spiro atoms. The summed E-state index contributed by atoms with van der Waals surface area (Å²) in [6, 6.07) is 1.25. The lowest BCUT2D eigenvalue weighted by Gasteiger charge is -2.20. The summed E-state index contributed by atoms with van der Waals surface area (Å²) in [5.41, 5.74) is 0.184. The van der Waals surface area contributed by atoms with Gasteiger partial charge in [-0.25, -0.2) is 17.7 Å². The van der Waals surface area contributed by atoms with Crippen LogP contribution in [0.15, 0.2) is 21.8 Å². The quantitative estimate of drug-likeness (QED) is 0.798. The summed E-state index contributed by atoms with van der Waals surface area (Å²) < 4.78 is 30.6. The predicted molar refractivity (Wildman–Crippen MR) is 99.2 cm³/mol. The van der Waals surface area contributed by atoms with Gasteiger partial charge >= 0.3 is 0 Å². The van der Waals surface area contributed by atoms with Gasteiger partial charge in [0.1, 0.15) is 5.76 Å². The molecule has 0 radical (unpaired) electrons. The molecule has 142 valence electrons. The topological polar surface area (TPSA) is 105 Å². The van der Waals surface area contributed by atoms with Crippen LogP contribution in [-0.4, -0.2) is 50.8 Å². The van der Waals surface area contributed by atoms with Crippen LogP contribution in [0.2, 0.25) is 0 Å². The zero-order valence-electron chi connectivity index (χ0n) is 14.9. The zero-order valence-corrected chi connectivity index (χ0v) is 16.5. The highest BCUT2D eigenvalue weighted by atomic mass is 32.2. The first kappa shape index (κ1) is 19.0. The van der Waals surface area contributed by atoms with Crippen molar-refractivity contribution in [3.05, 3.63) is 28.5 Å². The lowest BCUT2D eigenvalue weighted by molar-refractivity contribution is 0.102. The second-order valence-corrected chi connectivity index (χ2v) is 9.51. The summed E-state index contributed by atoms with van der Waals surface area (Å²) >= 11 is 1.46. The van der Waals surface area contributed by atoms with Crippen LogP contribution in [0.4, 0.5) is 5.13 Å². The fourth-order valence-electron chi connectivity index (χ4n) is 2.79. The number of sulfonamides is 1. The number of carbonyl (C=O) groups excluding carboxylic acids is 1. The van der Waals surface area contributed by atoms with E-state index in [0.717, 1.165) is 35.1 Å². The maximum Gasteiger partial charge on any atom is 0.275 e. The van der Waals surface area contributed by atoms with Gasteiger partial charge in [0.05, 0.1) is 5.56 Å². The molecule has 8 nitrogen and oxygen atoms in total. The molecular formula is C16H22N4O4S2. The molecular weight excluding hydrogens is 376 g/mol. The van der Waals surface area contributed by atoms with Gasteiger partial charge in [0.15, 0.2) is 5.13 Å². The van der Waals surface area contributed by atoms with Crippen molar-refractivity contribution in [2.24, 2.45) is 0 Å². The van der Waals surface area contributed by atoms with Gasteiger partial charge in [-0.05, 0) is 38.8 Å². The minimum Gasteiger partial charge on any atom is -0.448 e. The number of amides is 1. The molecule has 1 fully saturated rings. The Labute approximate surface area is 156 Å². The van der Waals surface area contributed by atoms with E-state index in [-0.39, 0.29) is 16.4 Å². The first-order chi connectivity index (χ1) is 12.3. The van der Waals surface area contributed by atoms with E-state index in [1.165, 1.54) is 31.5 Å². The number of piperidine rings is 1. The van der Waals surface area contributed by atoms with E-state index in [1.54, 1.807) is 13.1 Å². The molecule has 0 atom stereocenters. The van der Waals surface area contributed by atoms with Crippen molar-refractivity contribution in [1.29, 1.82) is 0 Å². The van der Waals surface area contributed by atoms with Crippen LogP contribution in [-0.2, 0) is 10.0 Å². The minimum absolute atomic E-state index is 0.184. The molecule has 2 N–H and O–H groups in total. The van der Waals surface area contributed by atoms with Crippen LogP contribution in [0.25, 0.3) is 0 Å². The lowest BCUT2D eigenvalue weighted by Crippen LogP contribution is -2.26. The normalized spacial score (nSPS) is 16.2. The van der Waals surface area contributed by atoms with Gasteiger partial charge in [-0.2, -0.15) is 0 Å². The number of aryl methyl sites for hydroxylation is 1. The number of anilines is 1. The van der Waals surface area contributed by atoms with Crippen molar-refractivity contribution in [1.82, 2.24) is 14.6 Å². The first-order valence-corrected chi connectivity index (χ1v) is 10.6. The molecule has 3 rings (SSSR count). The Morgan fingerprint density at radius 1 is 1.38 bits per heavy atom. The molecule has 0 unspecified atom stereocenters.